The molecular weight excluding hydrogens is 246 g/mol. The van der Waals surface area contributed by atoms with Gasteiger partial charge in [-0.1, -0.05) is 26.2 Å². The van der Waals surface area contributed by atoms with Crippen LogP contribution in [0.4, 0.5) is 0 Å². The van der Waals surface area contributed by atoms with Crippen LogP contribution in [-0.4, -0.2) is 14.8 Å². The zero-order chi connectivity index (χ0) is 13.0. The largest absolute Gasteiger partial charge is 0.317 e. The van der Waals surface area contributed by atoms with Crippen molar-refractivity contribution < 1.29 is 0 Å². The molecule has 0 spiro atoms. The van der Waals surface area contributed by atoms with E-state index in [4.69, 9.17) is 11.6 Å². The van der Waals surface area contributed by atoms with Crippen LogP contribution in [-0.2, 0) is 12.9 Å². The molecular formula is C14H24ClN3. The molecule has 102 valence electrons. The van der Waals surface area contributed by atoms with Crippen LogP contribution in [0.3, 0.4) is 0 Å². The van der Waals surface area contributed by atoms with Gasteiger partial charge < -0.3 is 4.57 Å². The molecule has 0 N–H and O–H groups in total. The van der Waals surface area contributed by atoms with Crippen molar-refractivity contribution in [2.24, 2.45) is 13.0 Å². The fourth-order valence-corrected chi connectivity index (χ4v) is 3.28. The Labute approximate surface area is 115 Å². The first-order valence-corrected chi connectivity index (χ1v) is 7.73. The number of hydrogen-bond acceptors (Lipinski definition) is 2. The Bertz CT molecular complexity index is 367. The molecule has 1 aromatic rings. The van der Waals surface area contributed by atoms with Gasteiger partial charge >= 0.3 is 0 Å². The van der Waals surface area contributed by atoms with Crippen LogP contribution in [0, 0.1) is 5.92 Å². The topological polar surface area (TPSA) is 30.7 Å². The Morgan fingerprint density at radius 1 is 1.22 bits per heavy atom. The van der Waals surface area contributed by atoms with E-state index < -0.39 is 0 Å². The van der Waals surface area contributed by atoms with Crippen molar-refractivity contribution in [3.05, 3.63) is 11.6 Å². The lowest BCUT2D eigenvalue weighted by atomic mass is 9.79. The van der Waals surface area contributed by atoms with Gasteiger partial charge in [-0.05, 0) is 31.6 Å². The molecule has 1 fully saturated rings. The molecule has 0 aromatic carbocycles. The fraction of sp³-hybridized carbons (Fsp3) is 0.857. The third kappa shape index (κ3) is 3.05. The van der Waals surface area contributed by atoms with Gasteiger partial charge in [0.05, 0.1) is 5.88 Å². The SMILES string of the molecule is CCCCC1CCC(c2nnc(CCl)n2C)CC1. The lowest BCUT2D eigenvalue weighted by Crippen LogP contribution is -2.16. The quantitative estimate of drug-likeness (QED) is 0.756. The highest BCUT2D eigenvalue weighted by atomic mass is 35.5. The molecule has 1 heterocycles. The Morgan fingerprint density at radius 3 is 2.50 bits per heavy atom. The van der Waals surface area contributed by atoms with Gasteiger partial charge in [-0.25, -0.2) is 0 Å². The molecule has 18 heavy (non-hydrogen) atoms. The molecule has 1 aromatic heterocycles. The van der Waals surface area contributed by atoms with Crippen molar-refractivity contribution in [3.8, 4) is 0 Å². The van der Waals surface area contributed by atoms with E-state index in [0.717, 1.165) is 17.6 Å². The van der Waals surface area contributed by atoms with E-state index in [1.165, 1.54) is 44.9 Å². The van der Waals surface area contributed by atoms with Gasteiger partial charge in [-0.2, -0.15) is 0 Å². The molecule has 1 saturated carbocycles. The highest BCUT2D eigenvalue weighted by Crippen LogP contribution is 2.36. The second kappa shape index (κ2) is 6.55. The molecule has 2 rings (SSSR count). The second-order valence-electron chi connectivity index (χ2n) is 5.53. The zero-order valence-corrected chi connectivity index (χ0v) is 12.3. The predicted octanol–water partition coefficient (Wildman–Crippen LogP) is 4.02. The van der Waals surface area contributed by atoms with Crippen molar-refractivity contribution in [2.45, 2.75) is 63.7 Å². The summed E-state index contributed by atoms with van der Waals surface area (Å²) in [5, 5.41) is 8.48. The lowest BCUT2D eigenvalue weighted by Gasteiger charge is -2.27. The van der Waals surface area contributed by atoms with Crippen LogP contribution in [0.15, 0.2) is 0 Å². The highest BCUT2D eigenvalue weighted by Gasteiger charge is 2.25. The monoisotopic (exact) mass is 269 g/mol. The zero-order valence-electron chi connectivity index (χ0n) is 11.5. The van der Waals surface area contributed by atoms with Crippen molar-refractivity contribution in [3.63, 3.8) is 0 Å². The molecule has 3 nitrogen and oxygen atoms in total. The minimum Gasteiger partial charge on any atom is -0.317 e. The van der Waals surface area contributed by atoms with Crippen LogP contribution in [0.2, 0.25) is 0 Å². The number of nitrogens with zero attached hydrogens (tertiary/aromatic N) is 3. The van der Waals surface area contributed by atoms with Gasteiger partial charge in [0.25, 0.3) is 0 Å². The number of unbranched alkanes of at least 4 members (excludes halogenated alkanes) is 1. The average Bonchev–Trinajstić information content (AvgIpc) is 2.78. The first kappa shape index (κ1) is 13.9. The summed E-state index contributed by atoms with van der Waals surface area (Å²) in [6, 6.07) is 0. The first-order valence-electron chi connectivity index (χ1n) is 7.20. The van der Waals surface area contributed by atoms with E-state index in [0.29, 0.717) is 11.8 Å². The highest BCUT2D eigenvalue weighted by molar-refractivity contribution is 6.16. The third-order valence-corrected chi connectivity index (χ3v) is 4.54. The Kier molecular flexibility index (Phi) is 5.04. The minimum atomic E-state index is 0.454. The molecule has 0 aliphatic heterocycles. The van der Waals surface area contributed by atoms with Gasteiger partial charge in [0.1, 0.15) is 11.6 Å². The Balaban J connectivity index is 1.90. The summed E-state index contributed by atoms with van der Waals surface area (Å²) in [6.07, 6.45) is 9.36. The number of halogens is 1. The molecule has 0 saturated heterocycles. The van der Waals surface area contributed by atoms with Crippen LogP contribution in [0.1, 0.15) is 69.4 Å². The minimum absolute atomic E-state index is 0.454. The normalized spacial score (nSPS) is 24.4. The molecule has 0 unspecified atom stereocenters. The van der Waals surface area contributed by atoms with E-state index >= 15 is 0 Å². The molecule has 1 aliphatic carbocycles. The number of hydrogen-bond donors (Lipinski definition) is 0. The lowest BCUT2D eigenvalue weighted by molar-refractivity contribution is 0.295. The van der Waals surface area contributed by atoms with Crippen molar-refractivity contribution >= 4 is 11.6 Å². The number of rotatable bonds is 5. The first-order chi connectivity index (χ1) is 8.76. The third-order valence-electron chi connectivity index (χ3n) is 4.30. The summed E-state index contributed by atoms with van der Waals surface area (Å²) >= 11 is 5.84. The molecule has 0 bridgehead atoms. The van der Waals surface area contributed by atoms with Crippen molar-refractivity contribution in [1.29, 1.82) is 0 Å². The van der Waals surface area contributed by atoms with Crippen LogP contribution in [0.5, 0.6) is 0 Å². The van der Waals surface area contributed by atoms with Gasteiger partial charge in [0.2, 0.25) is 0 Å². The van der Waals surface area contributed by atoms with Crippen molar-refractivity contribution in [2.75, 3.05) is 0 Å². The second-order valence-corrected chi connectivity index (χ2v) is 5.79. The fourth-order valence-electron chi connectivity index (χ4n) is 3.05. The number of alkyl halides is 1. The molecule has 0 atom stereocenters. The maximum atomic E-state index is 5.84. The maximum absolute atomic E-state index is 5.84. The van der Waals surface area contributed by atoms with Crippen LogP contribution in [0.25, 0.3) is 0 Å². The van der Waals surface area contributed by atoms with Gasteiger partial charge in [-0.3, -0.25) is 0 Å². The summed E-state index contributed by atoms with van der Waals surface area (Å²) < 4.78 is 2.09. The maximum Gasteiger partial charge on any atom is 0.147 e. The Morgan fingerprint density at radius 2 is 1.94 bits per heavy atom. The molecule has 1 aliphatic rings. The van der Waals surface area contributed by atoms with Crippen LogP contribution >= 0.6 is 11.6 Å². The summed E-state index contributed by atoms with van der Waals surface area (Å²) in [4.78, 5) is 0. The summed E-state index contributed by atoms with van der Waals surface area (Å²) in [5.74, 6) is 4.02. The summed E-state index contributed by atoms with van der Waals surface area (Å²) in [6.45, 7) is 2.28. The smallest absolute Gasteiger partial charge is 0.147 e. The molecule has 0 amide bonds. The summed E-state index contributed by atoms with van der Waals surface area (Å²) in [5.41, 5.74) is 0. The van der Waals surface area contributed by atoms with E-state index in [-0.39, 0.29) is 0 Å². The van der Waals surface area contributed by atoms with Crippen molar-refractivity contribution in [1.82, 2.24) is 14.8 Å². The van der Waals surface area contributed by atoms with Gasteiger partial charge in [0.15, 0.2) is 0 Å². The average molecular weight is 270 g/mol. The van der Waals surface area contributed by atoms with E-state index in [9.17, 15) is 0 Å². The molecule has 4 heteroatoms. The standard InChI is InChI=1S/C14H24ClN3/c1-3-4-5-11-6-8-12(9-7-11)14-17-16-13(10-15)18(14)2/h11-12H,3-10H2,1-2H3. The number of aromatic nitrogens is 3. The van der Waals surface area contributed by atoms with Crippen LogP contribution < -0.4 is 0 Å². The molecule has 0 radical (unpaired) electrons. The van der Waals surface area contributed by atoms with E-state index in [1.54, 1.807) is 0 Å². The summed E-state index contributed by atoms with van der Waals surface area (Å²) in [7, 11) is 2.04. The predicted molar refractivity (Wildman–Crippen MR) is 74.8 cm³/mol. The Hall–Kier alpha value is -0.570. The van der Waals surface area contributed by atoms with E-state index in [1.807, 2.05) is 7.05 Å². The van der Waals surface area contributed by atoms with Gasteiger partial charge in [0, 0.05) is 13.0 Å². The van der Waals surface area contributed by atoms with Gasteiger partial charge in [-0.15, -0.1) is 21.8 Å². The van der Waals surface area contributed by atoms with E-state index in [2.05, 4.69) is 21.7 Å².